The van der Waals surface area contributed by atoms with Crippen LogP contribution in [0.15, 0.2) is 18.2 Å². The Morgan fingerprint density at radius 2 is 1.71 bits per heavy atom. The summed E-state index contributed by atoms with van der Waals surface area (Å²) < 4.78 is 26.9. The summed E-state index contributed by atoms with van der Waals surface area (Å²) in [4.78, 5) is 12.5. The first kappa shape index (κ1) is 21.9. The van der Waals surface area contributed by atoms with Crippen molar-refractivity contribution in [2.24, 2.45) is 11.8 Å². The lowest BCUT2D eigenvalue weighted by molar-refractivity contribution is -0.126. The average molecular weight is 447 g/mol. The molecule has 5 nitrogen and oxygen atoms in total. The summed E-state index contributed by atoms with van der Waals surface area (Å²) in [5.41, 5.74) is 0.613. The van der Waals surface area contributed by atoms with E-state index in [4.69, 9.17) is 23.2 Å². The molecule has 2 fully saturated rings. The number of amides is 1. The Kier molecular flexibility index (Phi) is 7.65. The van der Waals surface area contributed by atoms with Gasteiger partial charge in [-0.1, -0.05) is 48.5 Å². The molecular formula is C20H28Cl2N2O3S. The molecule has 2 aliphatic rings. The second-order valence-corrected chi connectivity index (χ2v) is 10.7. The molecule has 1 amide bonds. The van der Waals surface area contributed by atoms with E-state index in [0.717, 1.165) is 6.54 Å². The van der Waals surface area contributed by atoms with Crippen LogP contribution in [0.5, 0.6) is 0 Å². The second-order valence-electron chi connectivity index (χ2n) is 7.93. The van der Waals surface area contributed by atoms with Gasteiger partial charge in [0.25, 0.3) is 0 Å². The number of hydrogen-bond acceptors (Lipinski definition) is 3. The van der Waals surface area contributed by atoms with E-state index in [1.54, 1.807) is 18.2 Å². The quantitative estimate of drug-likeness (QED) is 0.710. The molecule has 0 bridgehead atoms. The molecule has 1 aromatic rings. The summed E-state index contributed by atoms with van der Waals surface area (Å²) in [5.74, 6) is 0.471. The number of carbonyl (C=O) groups is 1. The highest BCUT2D eigenvalue weighted by molar-refractivity contribution is 7.88. The van der Waals surface area contributed by atoms with Crippen LogP contribution in [0.25, 0.3) is 0 Å². The van der Waals surface area contributed by atoms with Crippen LogP contribution in [-0.4, -0.2) is 38.3 Å². The third kappa shape index (κ3) is 5.85. The molecule has 1 N–H and O–H groups in total. The first-order valence-corrected chi connectivity index (χ1v) is 12.4. The van der Waals surface area contributed by atoms with Crippen LogP contribution in [-0.2, 0) is 20.6 Å². The molecule has 0 aromatic heterocycles. The van der Waals surface area contributed by atoms with Crippen LogP contribution >= 0.6 is 23.2 Å². The maximum atomic E-state index is 12.7. The van der Waals surface area contributed by atoms with Gasteiger partial charge in [0.05, 0.1) is 15.8 Å². The first-order chi connectivity index (χ1) is 13.3. The van der Waals surface area contributed by atoms with E-state index < -0.39 is 10.0 Å². The van der Waals surface area contributed by atoms with Gasteiger partial charge in [0.2, 0.25) is 15.9 Å². The molecule has 1 aliphatic carbocycles. The van der Waals surface area contributed by atoms with E-state index in [1.165, 1.54) is 36.4 Å². The predicted molar refractivity (Wildman–Crippen MR) is 113 cm³/mol. The Morgan fingerprint density at radius 1 is 1.04 bits per heavy atom. The predicted octanol–water partition coefficient (Wildman–Crippen LogP) is 4.23. The molecule has 8 heteroatoms. The van der Waals surface area contributed by atoms with Crippen molar-refractivity contribution in [3.8, 4) is 0 Å². The molecule has 3 rings (SSSR count). The van der Waals surface area contributed by atoms with Crippen LogP contribution in [0, 0.1) is 11.8 Å². The third-order valence-electron chi connectivity index (χ3n) is 5.84. The molecule has 1 saturated carbocycles. The SMILES string of the molecule is O=C(NCC1CCCCC1)C1CCN(S(=O)(=O)Cc2ccc(Cl)c(Cl)c2)CC1. The largest absolute Gasteiger partial charge is 0.356 e. The van der Waals surface area contributed by atoms with Crippen molar-refractivity contribution < 1.29 is 13.2 Å². The Hall–Kier alpha value is -0.820. The Morgan fingerprint density at radius 3 is 2.36 bits per heavy atom. The lowest BCUT2D eigenvalue weighted by Crippen LogP contribution is -2.44. The molecular weight excluding hydrogens is 419 g/mol. The standard InChI is InChI=1S/C20H28Cl2N2O3S/c21-18-7-6-16(12-19(18)22)14-28(26,27)24-10-8-17(9-11-24)20(25)23-13-15-4-2-1-3-5-15/h6-7,12,15,17H,1-5,8-11,13-14H2,(H,23,25). The highest BCUT2D eigenvalue weighted by atomic mass is 35.5. The van der Waals surface area contributed by atoms with Crippen molar-refractivity contribution in [1.82, 2.24) is 9.62 Å². The van der Waals surface area contributed by atoms with Gasteiger partial charge in [-0.2, -0.15) is 0 Å². The summed E-state index contributed by atoms with van der Waals surface area (Å²) in [7, 11) is -3.44. The maximum Gasteiger partial charge on any atom is 0.223 e. The minimum Gasteiger partial charge on any atom is -0.356 e. The van der Waals surface area contributed by atoms with E-state index in [9.17, 15) is 13.2 Å². The van der Waals surface area contributed by atoms with Crippen molar-refractivity contribution in [2.45, 2.75) is 50.7 Å². The number of benzene rings is 1. The molecule has 0 atom stereocenters. The summed E-state index contributed by atoms with van der Waals surface area (Å²) in [6.07, 6.45) is 7.36. The highest BCUT2D eigenvalue weighted by Gasteiger charge is 2.31. The zero-order valence-electron chi connectivity index (χ0n) is 16.0. The summed E-state index contributed by atoms with van der Waals surface area (Å²) >= 11 is 11.9. The number of sulfonamides is 1. The molecule has 1 aliphatic heterocycles. The molecule has 0 unspecified atom stereocenters. The highest BCUT2D eigenvalue weighted by Crippen LogP contribution is 2.26. The van der Waals surface area contributed by atoms with Gasteiger partial charge in [-0.3, -0.25) is 4.79 Å². The molecule has 156 valence electrons. The molecule has 1 heterocycles. The summed E-state index contributed by atoms with van der Waals surface area (Å²) in [6.45, 7) is 1.52. The molecule has 28 heavy (non-hydrogen) atoms. The zero-order chi connectivity index (χ0) is 20.1. The normalized spacial score (nSPS) is 20.2. The van der Waals surface area contributed by atoms with Crippen molar-refractivity contribution in [3.63, 3.8) is 0 Å². The van der Waals surface area contributed by atoms with E-state index in [2.05, 4.69) is 5.32 Å². The van der Waals surface area contributed by atoms with Crippen molar-refractivity contribution >= 4 is 39.1 Å². The zero-order valence-corrected chi connectivity index (χ0v) is 18.3. The van der Waals surface area contributed by atoms with Crippen molar-refractivity contribution in [1.29, 1.82) is 0 Å². The average Bonchev–Trinajstić information content (AvgIpc) is 2.69. The first-order valence-electron chi connectivity index (χ1n) is 10.0. The minimum atomic E-state index is -3.44. The third-order valence-corrected chi connectivity index (χ3v) is 8.43. The number of nitrogens with zero attached hydrogens (tertiary/aromatic N) is 1. The van der Waals surface area contributed by atoms with Gasteiger partial charge >= 0.3 is 0 Å². The lowest BCUT2D eigenvalue weighted by Gasteiger charge is -2.31. The van der Waals surface area contributed by atoms with Gasteiger partial charge in [0.15, 0.2) is 0 Å². The topological polar surface area (TPSA) is 66.5 Å². The maximum absolute atomic E-state index is 12.7. The van der Waals surface area contributed by atoms with Gasteiger partial charge in [0, 0.05) is 25.6 Å². The monoisotopic (exact) mass is 446 g/mol. The van der Waals surface area contributed by atoms with Crippen LogP contribution < -0.4 is 5.32 Å². The number of hydrogen-bond donors (Lipinski definition) is 1. The van der Waals surface area contributed by atoms with Gasteiger partial charge in [-0.05, 0) is 49.3 Å². The van der Waals surface area contributed by atoms with Crippen LogP contribution in [0.2, 0.25) is 10.0 Å². The fourth-order valence-electron chi connectivity index (χ4n) is 4.11. The Bertz CT molecular complexity index is 787. The Labute approximate surface area is 177 Å². The lowest BCUT2D eigenvalue weighted by atomic mass is 9.89. The van der Waals surface area contributed by atoms with E-state index >= 15 is 0 Å². The summed E-state index contributed by atoms with van der Waals surface area (Å²) in [5, 5.41) is 3.85. The van der Waals surface area contributed by atoms with Gasteiger partial charge < -0.3 is 5.32 Å². The Balaban J connectivity index is 1.48. The molecule has 0 spiro atoms. The van der Waals surface area contributed by atoms with Crippen LogP contribution in [0.3, 0.4) is 0 Å². The fraction of sp³-hybridized carbons (Fsp3) is 0.650. The minimum absolute atomic E-state index is 0.0760. The van der Waals surface area contributed by atoms with Gasteiger partial charge in [-0.25, -0.2) is 12.7 Å². The van der Waals surface area contributed by atoms with Crippen LogP contribution in [0.1, 0.15) is 50.5 Å². The second kappa shape index (κ2) is 9.79. The van der Waals surface area contributed by atoms with E-state index in [1.807, 2.05) is 0 Å². The number of rotatable bonds is 6. The number of piperidine rings is 1. The fourth-order valence-corrected chi connectivity index (χ4v) is 5.98. The smallest absolute Gasteiger partial charge is 0.223 e. The number of carbonyl (C=O) groups excluding carboxylic acids is 1. The number of halogens is 2. The number of nitrogens with one attached hydrogen (secondary N) is 1. The van der Waals surface area contributed by atoms with Gasteiger partial charge in [0.1, 0.15) is 0 Å². The van der Waals surface area contributed by atoms with E-state index in [0.29, 0.717) is 47.5 Å². The molecule has 0 radical (unpaired) electrons. The molecule has 1 aromatic carbocycles. The molecule has 1 saturated heterocycles. The van der Waals surface area contributed by atoms with Crippen molar-refractivity contribution in [3.05, 3.63) is 33.8 Å². The summed E-state index contributed by atoms with van der Waals surface area (Å²) in [6, 6.07) is 4.88. The van der Waals surface area contributed by atoms with Crippen LogP contribution in [0.4, 0.5) is 0 Å². The van der Waals surface area contributed by atoms with Crippen molar-refractivity contribution in [2.75, 3.05) is 19.6 Å². The van der Waals surface area contributed by atoms with E-state index in [-0.39, 0.29) is 17.6 Å². The van der Waals surface area contributed by atoms with Gasteiger partial charge in [-0.15, -0.1) is 0 Å².